The summed E-state index contributed by atoms with van der Waals surface area (Å²) in [6.45, 7) is 10.8. The molecule has 0 bridgehead atoms. The van der Waals surface area contributed by atoms with E-state index in [2.05, 4.69) is 44.1 Å². The van der Waals surface area contributed by atoms with Crippen LogP contribution >= 0.6 is 11.8 Å². The van der Waals surface area contributed by atoms with Crippen molar-refractivity contribution in [3.05, 3.63) is 23.4 Å². The molecular weight excluding hydrogens is 228 g/mol. The Kier molecular flexibility index (Phi) is 6.60. The van der Waals surface area contributed by atoms with Gasteiger partial charge in [0.1, 0.15) is 0 Å². The van der Waals surface area contributed by atoms with Gasteiger partial charge in [0.15, 0.2) is 0 Å². The summed E-state index contributed by atoms with van der Waals surface area (Å²) in [5.74, 6) is 1.85. The third kappa shape index (κ3) is 5.55. The predicted octanol–water partition coefficient (Wildman–Crippen LogP) is 3.64. The first kappa shape index (κ1) is 14.5. The Hall–Kier alpha value is -0.540. The molecule has 1 heterocycles. The fraction of sp³-hybridized carbons (Fsp3) is 0.643. The van der Waals surface area contributed by atoms with E-state index in [0.29, 0.717) is 5.92 Å². The molecule has 1 N–H and O–H groups in total. The van der Waals surface area contributed by atoms with Crippen LogP contribution in [0, 0.1) is 12.8 Å². The molecule has 1 aromatic rings. The van der Waals surface area contributed by atoms with Crippen molar-refractivity contribution in [2.75, 3.05) is 12.3 Å². The fourth-order valence-corrected chi connectivity index (χ4v) is 2.38. The smallest absolute Gasteiger partial charge is 0.0989 e. The van der Waals surface area contributed by atoms with Gasteiger partial charge in [-0.15, -0.1) is 11.8 Å². The van der Waals surface area contributed by atoms with Gasteiger partial charge in [0.25, 0.3) is 0 Å². The third-order valence-electron chi connectivity index (χ3n) is 2.41. The van der Waals surface area contributed by atoms with Gasteiger partial charge in [0, 0.05) is 12.7 Å². The van der Waals surface area contributed by atoms with Crippen LogP contribution < -0.4 is 5.32 Å². The van der Waals surface area contributed by atoms with Crippen molar-refractivity contribution >= 4 is 11.8 Å². The van der Waals surface area contributed by atoms with E-state index >= 15 is 0 Å². The zero-order valence-electron chi connectivity index (χ0n) is 11.4. The molecule has 0 radical (unpaired) electrons. The van der Waals surface area contributed by atoms with Crippen LogP contribution in [-0.2, 0) is 6.54 Å². The monoisotopic (exact) mass is 252 g/mol. The van der Waals surface area contributed by atoms with E-state index < -0.39 is 0 Å². The number of nitrogens with one attached hydrogen (secondary N) is 1. The molecule has 0 fully saturated rings. The lowest BCUT2D eigenvalue weighted by Gasteiger charge is -2.09. The average molecular weight is 252 g/mol. The molecular formula is C14H24N2S. The standard InChI is InChI=1S/C14H24N2S/c1-5-6-17-14-12(4)7-13(10-16-14)9-15-8-11(2)3/h7,10-11,15H,5-6,8-9H2,1-4H3. The Morgan fingerprint density at radius 1 is 1.41 bits per heavy atom. The molecule has 0 atom stereocenters. The van der Waals surface area contributed by atoms with Gasteiger partial charge in [-0.3, -0.25) is 0 Å². The number of aryl methyl sites for hydroxylation is 1. The van der Waals surface area contributed by atoms with E-state index in [1.165, 1.54) is 22.6 Å². The van der Waals surface area contributed by atoms with Crippen molar-refractivity contribution in [2.24, 2.45) is 5.92 Å². The average Bonchev–Trinajstić information content (AvgIpc) is 2.27. The number of pyridine rings is 1. The van der Waals surface area contributed by atoms with Crippen LogP contribution in [-0.4, -0.2) is 17.3 Å². The predicted molar refractivity (Wildman–Crippen MR) is 76.5 cm³/mol. The highest BCUT2D eigenvalue weighted by molar-refractivity contribution is 7.99. The molecule has 96 valence electrons. The summed E-state index contributed by atoms with van der Waals surface area (Å²) < 4.78 is 0. The summed E-state index contributed by atoms with van der Waals surface area (Å²) in [5.41, 5.74) is 2.58. The maximum atomic E-state index is 4.54. The molecule has 0 spiro atoms. The summed E-state index contributed by atoms with van der Waals surface area (Å²) in [6, 6.07) is 2.25. The summed E-state index contributed by atoms with van der Waals surface area (Å²) in [5, 5.41) is 4.62. The number of hydrogen-bond acceptors (Lipinski definition) is 3. The van der Waals surface area contributed by atoms with E-state index in [-0.39, 0.29) is 0 Å². The topological polar surface area (TPSA) is 24.9 Å². The molecule has 0 saturated carbocycles. The molecule has 0 aliphatic carbocycles. The van der Waals surface area contributed by atoms with Gasteiger partial charge in [-0.25, -0.2) is 4.98 Å². The van der Waals surface area contributed by atoms with Gasteiger partial charge in [-0.1, -0.05) is 26.8 Å². The van der Waals surface area contributed by atoms with Gasteiger partial charge in [0.05, 0.1) is 5.03 Å². The van der Waals surface area contributed by atoms with E-state index in [1.807, 2.05) is 18.0 Å². The van der Waals surface area contributed by atoms with Crippen LogP contribution in [0.5, 0.6) is 0 Å². The van der Waals surface area contributed by atoms with Crippen molar-refractivity contribution in [2.45, 2.75) is 45.7 Å². The lowest BCUT2D eigenvalue weighted by Crippen LogP contribution is -2.19. The van der Waals surface area contributed by atoms with Gasteiger partial charge < -0.3 is 5.32 Å². The first-order valence-corrected chi connectivity index (χ1v) is 7.41. The van der Waals surface area contributed by atoms with Crippen molar-refractivity contribution in [1.29, 1.82) is 0 Å². The minimum absolute atomic E-state index is 0.698. The van der Waals surface area contributed by atoms with E-state index in [9.17, 15) is 0 Å². The van der Waals surface area contributed by atoms with Crippen LogP contribution in [0.1, 0.15) is 38.3 Å². The Morgan fingerprint density at radius 3 is 2.76 bits per heavy atom. The lowest BCUT2D eigenvalue weighted by atomic mass is 10.2. The molecule has 0 aromatic carbocycles. The van der Waals surface area contributed by atoms with Crippen molar-refractivity contribution in [3.63, 3.8) is 0 Å². The second-order valence-corrected chi connectivity index (χ2v) is 5.92. The quantitative estimate of drug-likeness (QED) is 0.750. The van der Waals surface area contributed by atoms with Crippen LogP contribution in [0.15, 0.2) is 17.3 Å². The molecule has 0 amide bonds. The van der Waals surface area contributed by atoms with Crippen LogP contribution in [0.4, 0.5) is 0 Å². The number of aromatic nitrogens is 1. The Bertz CT molecular complexity index is 337. The summed E-state index contributed by atoms with van der Waals surface area (Å²) >= 11 is 1.85. The Morgan fingerprint density at radius 2 is 2.18 bits per heavy atom. The van der Waals surface area contributed by atoms with E-state index in [4.69, 9.17) is 0 Å². The zero-order chi connectivity index (χ0) is 12.7. The highest BCUT2D eigenvalue weighted by atomic mass is 32.2. The maximum Gasteiger partial charge on any atom is 0.0989 e. The minimum atomic E-state index is 0.698. The second-order valence-electron chi connectivity index (χ2n) is 4.84. The summed E-state index contributed by atoms with van der Waals surface area (Å²) in [4.78, 5) is 4.54. The molecule has 0 unspecified atom stereocenters. The number of thioether (sulfide) groups is 1. The second kappa shape index (κ2) is 7.72. The van der Waals surface area contributed by atoms with E-state index in [1.54, 1.807) is 0 Å². The number of nitrogens with zero attached hydrogens (tertiary/aromatic N) is 1. The van der Waals surface area contributed by atoms with Crippen LogP contribution in [0.3, 0.4) is 0 Å². The normalized spacial score (nSPS) is 11.1. The van der Waals surface area contributed by atoms with Gasteiger partial charge >= 0.3 is 0 Å². The van der Waals surface area contributed by atoms with Crippen molar-refractivity contribution < 1.29 is 0 Å². The molecule has 0 aliphatic heterocycles. The number of rotatable bonds is 7. The highest BCUT2D eigenvalue weighted by Gasteiger charge is 2.02. The molecule has 0 saturated heterocycles. The first-order chi connectivity index (χ1) is 8.13. The molecule has 2 nitrogen and oxygen atoms in total. The van der Waals surface area contributed by atoms with Crippen LogP contribution in [0.25, 0.3) is 0 Å². The summed E-state index contributed by atoms with van der Waals surface area (Å²) in [7, 11) is 0. The maximum absolute atomic E-state index is 4.54. The number of hydrogen-bond donors (Lipinski definition) is 1. The largest absolute Gasteiger partial charge is 0.312 e. The Labute approximate surface area is 110 Å². The molecule has 17 heavy (non-hydrogen) atoms. The van der Waals surface area contributed by atoms with E-state index in [0.717, 1.165) is 18.8 Å². The van der Waals surface area contributed by atoms with Crippen LogP contribution in [0.2, 0.25) is 0 Å². The molecule has 1 rings (SSSR count). The van der Waals surface area contributed by atoms with Gasteiger partial charge in [-0.05, 0) is 42.7 Å². The molecule has 3 heteroatoms. The van der Waals surface area contributed by atoms with Crippen molar-refractivity contribution in [1.82, 2.24) is 10.3 Å². The highest BCUT2D eigenvalue weighted by Crippen LogP contribution is 2.20. The Balaban J connectivity index is 2.50. The van der Waals surface area contributed by atoms with Gasteiger partial charge in [-0.2, -0.15) is 0 Å². The minimum Gasteiger partial charge on any atom is -0.312 e. The zero-order valence-corrected chi connectivity index (χ0v) is 12.2. The first-order valence-electron chi connectivity index (χ1n) is 6.42. The summed E-state index contributed by atoms with van der Waals surface area (Å²) in [6.07, 6.45) is 3.20. The third-order valence-corrected chi connectivity index (χ3v) is 3.72. The van der Waals surface area contributed by atoms with Crippen molar-refractivity contribution in [3.8, 4) is 0 Å². The fourth-order valence-electron chi connectivity index (χ4n) is 1.57. The molecule has 1 aromatic heterocycles. The van der Waals surface area contributed by atoms with Gasteiger partial charge in [0.2, 0.25) is 0 Å². The SMILES string of the molecule is CCCSc1ncc(CNCC(C)C)cc1C. The molecule has 0 aliphatic rings. The lowest BCUT2D eigenvalue weighted by molar-refractivity contribution is 0.551.